The lowest BCUT2D eigenvalue weighted by Crippen LogP contribution is -2.12. The third-order valence-electron chi connectivity index (χ3n) is 3.42. The Balaban J connectivity index is 1.83. The van der Waals surface area contributed by atoms with E-state index in [2.05, 4.69) is 5.32 Å². The maximum Gasteiger partial charge on any atom is 0.330 e. The lowest BCUT2D eigenvalue weighted by atomic mass is 10.1. The molecular formula is C20H20FNO3. The number of esters is 1. The molecule has 5 heteroatoms. The lowest BCUT2D eigenvalue weighted by molar-refractivity contribution is -0.137. The first-order chi connectivity index (χ1) is 12.1. The van der Waals surface area contributed by atoms with E-state index in [1.807, 2.05) is 0 Å². The summed E-state index contributed by atoms with van der Waals surface area (Å²) in [7, 11) is 0. The summed E-state index contributed by atoms with van der Waals surface area (Å²) < 4.78 is 17.9. The van der Waals surface area contributed by atoms with Gasteiger partial charge in [0.15, 0.2) is 0 Å². The minimum absolute atomic E-state index is 0.140. The Labute approximate surface area is 146 Å². The molecule has 4 nitrogen and oxygen atoms in total. The normalized spacial score (nSPS) is 10.6. The largest absolute Gasteiger partial charge is 0.463 e. The number of anilines is 1. The number of ether oxygens (including phenoxy) is 1. The average molecular weight is 341 g/mol. The van der Waals surface area contributed by atoms with E-state index in [0.717, 1.165) is 11.1 Å². The van der Waals surface area contributed by atoms with Crippen LogP contribution in [-0.2, 0) is 20.7 Å². The molecule has 1 N–H and O–H groups in total. The highest BCUT2D eigenvalue weighted by molar-refractivity contribution is 5.91. The number of aryl methyl sites for hydroxylation is 1. The maximum atomic E-state index is 13.1. The number of rotatable bonds is 7. The van der Waals surface area contributed by atoms with Crippen LogP contribution in [0.2, 0.25) is 0 Å². The summed E-state index contributed by atoms with van der Waals surface area (Å²) in [6, 6.07) is 13.3. The SMILES string of the molecule is CCOC(=O)/C=C/c1ccc(NC(=O)CCc2cccc(F)c2)cc1. The Morgan fingerprint density at radius 3 is 2.60 bits per heavy atom. The number of halogens is 1. The molecule has 25 heavy (non-hydrogen) atoms. The Bertz CT molecular complexity index is 754. The van der Waals surface area contributed by atoms with Crippen LogP contribution in [0.15, 0.2) is 54.6 Å². The van der Waals surface area contributed by atoms with Crippen molar-refractivity contribution in [2.75, 3.05) is 11.9 Å². The van der Waals surface area contributed by atoms with Gasteiger partial charge in [0.2, 0.25) is 5.91 Å². The summed E-state index contributed by atoms with van der Waals surface area (Å²) in [5.41, 5.74) is 2.28. The highest BCUT2D eigenvalue weighted by Gasteiger charge is 2.04. The van der Waals surface area contributed by atoms with E-state index >= 15 is 0 Å². The van der Waals surface area contributed by atoms with Crippen LogP contribution in [0.5, 0.6) is 0 Å². The summed E-state index contributed by atoms with van der Waals surface area (Å²) in [5, 5.41) is 2.79. The Kier molecular flexibility index (Phi) is 6.89. The number of carbonyl (C=O) groups is 2. The first-order valence-corrected chi connectivity index (χ1v) is 8.06. The number of hydrogen-bond acceptors (Lipinski definition) is 3. The van der Waals surface area contributed by atoms with Crippen molar-refractivity contribution in [3.63, 3.8) is 0 Å². The van der Waals surface area contributed by atoms with Crippen molar-refractivity contribution in [2.45, 2.75) is 19.8 Å². The first kappa shape index (κ1) is 18.4. The molecule has 1 amide bonds. The van der Waals surface area contributed by atoms with Crippen molar-refractivity contribution < 1.29 is 18.7 Å². The minimum atomic E-state index is -0.391. The van der Waals surface area contributed by atoms with Crippen LogP contribution in [0.25, 0.3) is 6.08 Å². The van der Waals surface area contributed by atoms with E-state index in [-0.39, 0.29) is 18.1 Å². The fourth-order valence-corrected chi connectivity index (χ4v) is 2.21. The number of nitrogens with one attached hydrogen (secondary N) is 1. The summed E-state index contributed by atoms with van der Waals surface area (Å²) in [6.45, 7) is 2.08. The fraction of sp³-hybridized carbons (Fsp3) is 0.200. The Morgan fingerprint density at radius 2 is 1.92 bits per heavy atom. The van der Waals surface area contributed by atoms with Crippen molar-refractivity contribution in [1.82, 2.24) is 0 Å². The summed E-state index contributed by atoms with van der Waals surface area (Å²) >= 11 is 0. The number of amides is 1. The molecule has 0 saturated carbocycles. The second-order valence-electron chi connectivity index (χ2n) is 5.39. The molecule has 0 spiro atoms. The fourth-order valence-electron chi connectivity index (χ4n) is 2.21. The van der Waals surface area contributed by atoms with E-state index < -0.39 is 5.97 Å². The minimum Gasteiger partial charge on any atom is -0.463 e. The zero-order valence-electron chi connectivity index (χ0n) is 14.0. The maximum absolute atomic E-state index is 13.1. The van der Waals surface area contributed by atoms with E-state index in [9.17, 15) is 14.0 Å². The van der Waals surface area contributed by atoms with E-state index in [1.165, 1.54) is 18.2 Å². The highest BCUT2D eigenvalue weighted by atomic mass is 19.1. The van der Waals surface area contributed by atoms with Crippen LogP contribution in [0.1, 0.15) is 24.5 Å². The molecule has 0 bridgehead atoms. The molecular weight excluding hydrogens is 321 g/mol. The number of benzene rings is 2. The standard InChI is InChI=1S/C20H20FNO3/c1-2-25-20(24)13-9-15-6-10-18(11-7-15)22-19(23)12-8-16-4-3-5-17(21)14-16/h3-7,9-11,13-14H,2,8,12H2,1H3,(H,22,23)/b13-9+. The molecule has 0 unspecified atom stereocenters. The van der Waals surface area contributed by atoms with Crippen LogP contribution in [-0.4, -0.2) is 18.5 Å². The van der Waals surface area contributed by atoms with Gasteiger partial charge >= 0.3 is 5.97 Å². The second kappa shape index (κ2) is 9.37. The lowest BCUT2D eigenvalue weighted by Gasteiger charge is -2.06. The third-order valence-corrected chi connectivity index (χ3v) is 3.42. The second-order valence-corrected chi connectivity index (χ2v) is 5.39. The zero-order valence-corrected chi connectivity index (χ0v) is 14.0. The van der Waals surface area contributed by atoms with E-state index in [0.29, 0.717) is 18.7 Å². The monoisotopic (exact) mass is 341 g/mol. The summed E-state index contributed by atoms with van der Waals surface area (Å²) in [4.78, 5) is 23.2. The Hall–Kier alpha value is -2.95. The molecule has 0 aliphatic carbocycles. The van der Waals surface area contributed by atoms with Gasteiger partial charge in [0.05, 0.1) is 6.61 Å². The van der Waals surface area contributed by atoms with Crippen molar-refractivity contribution in [3.8, 4) is 0 Å². The summed E-state index contributed by atoms with van der Waals surface area (Å²) in [6.07, 6.45) is 3.75. The molecule has 0 fully saturated rings. The Morgan fingerprint density at radius 1 is 1.16 bits per heavy atom. The first-order valence-electron chi connectivity index (χ1n) is 8.06. The van der Waals surface area contributed by atoms with Crippen molar-refractivity contribution in [1.29, 1.82) is 0 Å². The quantitative estimate of drug-likeness (QED) is 0.612. The topological polar surface area (TPSA) is 55.4 Å². The zero-order chi connectivity index (χ0) is 18.1. The molecule has 0 heterocycles. The van der Waals surface area contributed by atoms with Gasteiger partial charge in [-0.25, -0.2) is 9.18 Å². The summed E-state index contributed by atoms with van der Waals surface area (Å²) in [5.74, 6) is -0.833. The smallest absolute Gasteiger partial charge is 0.330 e. The molecule has 0 atom stereocenters. The molecule has 0 saturated heterocycles. The van der Waals surface area contributed by atoms with Gasteiger partial charge in [-0.3, -0.25) is 4.79 Å². The molecule has 130 valence electrons. The highest BCUT2D eigenvalue weighted by Crippen LogP contribution is 2.12. The van der Waals surface area contributed by atoms with Crippen molar-refractivity contribution in [3.05, 3.63) is 71.6 Å². The van der Waals surface area contributed by atoms with Gasteiger partial charge in [0.25, 0.3) is 0 Å². The van der Waals surface area contributed by atoms with Crippen LogP contribution in [0, 0.1) is 5.82 Å². The van der Waals surface area contributed by atoms with Gasteiger partial charge in [-0.05, 0) is 54.8 Å². The number of hydrogen-bond donors (Lipinski definition) is 1. The molecule has 0 aromatic heterocycles. The van der Waals surface area contributed by atoms with Gasteiger partial charge in [-0.1, -0.05) is 24.3 Å². The van der Waals surface area contributed by atoms with Gasteiger partial charge in [0, 0.05) is 18.2 Å². The molecule has 2 rings (SSSR count). The molecule has 0 radical (unpaired) electrons. The molecule has 0 aliphatic heterocycles. The molecule has 0 aliphatic rings. The van der Waals surface area contributed by atoms with Gasteiger partial charge in [-0.2, -0.15) is 0 Å². The van der Waals surface area contributed by atoms with E-state index in [4.69, 9.17) is 4.74 Å². The van der Waals surface area contributed by atoms with Crippen LogP contribution in [0.4, 0.5) is 10.1 Å². The van der Waals surface area contributed by atoms with Crippen LogP contribution < -0.4 is 5.32 Å². The van der Waals surface area contributed by atoms with Crippen LogP contribution in [0.3, 0.4) is 0 Å². The van der Waals surface area contributed by atoms with Gasteiger partial charge in [-0.15, -0.1) is 0 Å². The van der Waals surface area contributed by atoms with Crippen molar-refractivity contribution >= 4 is 23.6 Å². The van der Waals surface area contributed by atoms with E-state index in [1.54, 1.807) is 49.4 Å². The predicted molar refractivity (Wildman–Crippen MR) is 95.5 cm³/mol. The molecule has 2 aromatic carbocycles. The third kappa shape index (κ3) is 6.59. The van der Waals surface area contributed by atoms with Crippen molar-refractivity contribution in [2.24, 2.45) is 0 Å². The average Bonchev–Trinajstić information content (AvgIpc) is 2.60. The van der Waals surface area contributed by atoms with Gasteiger partial charge < -0.3 is 10.1 Å². The molecule has 2 aromatic rings. The number of carbonyl (C=O) groups excluding carboxylic acids is 2. The van der Waals surface area contributed by atoms with Gasteiger partial charge in [0.1, 0.15) is 5.82 Å². The predicted octanol–water partition coefficient (Wildman–Crippen LogP) is 3.97. The van der Waals surface area contributed by atoms with Crippen LogP contribution >= 0.6 is 0 Å².